The lowest BCUT2D eigenvalue weighted by Crippen LogP contribution is -2.28. The lowest BCUT2D eigenvalue weighted by atomic mass is 9.81. The van der Waals surface area contributed by atoms with E-state index in [1.165, 1.54) is 14.7 Å². The third-order valence-electron chi connectivity index (χ3n) is 5.17. The molecule has 2 aromatic rings. The molecule has 0 aliphatic rings. The van der Waals surface area contributed by atoms with E-state index in [0.717, 1.165) is 11.1 Å². The van der Waals surface area contributed by atoms with E-state index in [1.54, 1.807) is 0 Å². The van der Waals surface area contributed by atoms with Gasteiger partial charge in [0.15, 0.2) is 5.78 Å². The number of aryl methyl sites for hydroxylation is 2. The SMILES string of the molecule is CCC(C)OC(=O)C(C(=O)c1c(C)cc(C(C)(C)C)cc1C)c1ccccc1.O=[PH2+]. The standard InChI is InChI=1S/C25H32O3.H2OP/c1-8-18(4)28-24(27)22(19-12-10-9-11-13-19)23(26)21-16(2)14-20(15-17(21)3)25(5,6)7;1-2/h9-15,18,22H,8H2,1-7H3;2H2/q;+1. The van der Waals surface area contributed by atoms with Crippen LogP contribution >= 0.6 is 9.12 Å². The van der Waals surface area contributed by atoms with Crippen molar-refractivity contribution in [2.75, 3.05) is 0 Å². The molecule has 0 saturated heterocycles. The summed E-state index contributed by atoms with van der Waals surface area (Å²) in [5.74, 6) is -1.63. The van der Waals surface area contributed by atoms with Gasteiger partial charge in [-0.2, -0.15) is 0 Å². The number of hydrogen-bond acceptors (Lipinski definition) is 4. The first-order chi connectivity index (χ1) is 14.1. The summed E-state index contributed by atoms with van der Waals surface area (Å²) in [6, 6.07) is 13.3. The number of carbonyl (C=O) groups excluding carboxylic acids is 2. The van der Waals surface area contributed by atoms with Crippen LogP contribution in [-0.4, -0.2) is 17.9 Å². The molecule has 0 amide bonds. The molecular weight excluding hydrogens is 395 g/mol. The van der Waals surface area contributed by atoms with Gasteiger partial charge in [-0.1, -0.05) is 74.7 Å². The summed E-state index contributed by atoms with van der Waals surface area (Å²) in [4.78, 5) is 26.5. The Labute approximate surface area is 182 Å². The molecule has 0 N–H and O–H groups in total. The maximum atomic E-state index is 13.6. The summed E-state index contributed by atoms with van der Waals surface area (Å²) in [7, 11) is 1.17. The van der Waals surface area contributed by atoms with Crippen LogP contribution in [-0.2, 0) is 19.5 Å². The van der Waals surface area contributed by atoms with Crippen LogP contribution in [0.5, 0.6) is 0 Å². The maximum Gasteiger partial charge on any atom is 0.321 e. The van der Waals surface area contributed by atoms with Crippen LogP contribution in [0, 0.1) is 13.8 Å². The summed E-state index contributed by atoms with van der Waals surface area (Å²) >= 11 is 0. The fourth-order valence-corrected chi connectivity index (χ4v) is 3.32. The molecule has 3 unspecified atom stereocenters. The number of rotatable bonds is 6. The van der Waals surface area contributed by atoms with Crippen LogP contribution in [0.25, 0.3) is 0 Å². The number of ether oxygens (including phenoxy) is 1. The molecule has 2 aromatic carbocycles. The van der Waals surface area contributed by atoms with Crippen molar-refractivity contribution >= 4 is 20.9 Å². The second-order valence-corrected chi connectivity index (χ2v) is 8.60. The molecule has 0 bridgehead atoms. The highest BCUT2D eigenvalue weighted by Gasteiger charge is 2.33. The van der Waals surface area contributed by atoms with Crippen molar-refractivity contribution in [1.82, 2.24) is 0 Å². The van der Waals surface area contributed by atoms with Crippen molar-refractivity contribution in [2.24, 2.45) is 0 Å². The molecule has 4 nitrogen and oxygen atoms in total. The van der Waals surface area contributed by atoms with Gasteiger partial charge < -0.3 is 4.74 Å². The van der Waals surface area contributed by atoms with Gasteiger partial charge in [0.1, 0.15) is 5.92 Å². The predicted molar refractivity (Wildman–Crippen MR) is 124 cm³/mol. The van der Waals surface area contributed by atoms with Crippen molar-refractivity contribution in [3.8, 4) is 0 Å². The second kappa shape index (κ2) is 11.2. The molecule has 30 heavy (non-hydrogen) atoms. The normalized spacial score (nSPS) is 12.9. The van der Waals surface area contributed by atoms with E-state index < -0.39 is 11.9 Å². The van der Waals surface area contributed by atoms with Crippen LogP contribution in [0.3, 0.4) is 0 Å². The molecule has 0 spiro atoms. The second-order valence-electron chi connectivity index (χ2n) is 8.60. The van der Waals surface area contributed by atoms with E-state index in [-0.39, 0.29) is 17.3 Å². The average Bonchev–Trinajstić information content (AvgIpc) is 2.69. The van der Waals surface area contributed by atoms with Gasteiger partial charge in [0.05, 0.1) is 6.10 Å². The summed E-state index contributed by atoms with van der Waals surface area (Å²) in [6.45, 7) is 14.1. The Morgan fingerprint density at radius 3 is 1.93 bits per heavy atom. The zero-order valence-electron chi connectivity index (χ0n) is 19.1. The molecule has 0 aromatic heterocycles. The van der Waals surface area contributed by atoms with Crippen molar-refractivity contribution in [2.45, 2.75) is 72.3 Å². The van der Waals surface area contributed by atoms with E-state index in [9.17, 15) is 9.59 Å². The fourth-order valence-electron chi connectivity index (χ4n) is 3.32. The van der Waals surface area contributed by atoms with Gasteiger partial charge in [-0.05, 0) is 54.9 Å². The summed E-state index contributed by atoms with van der Waals surface area (Å²) in [5.41, 5.74) is 4.24. The molecule has 3 atom stereocenters. The number of hydrogen-bond donors (Lipinski definition) is 0. The molecule has 0 radical (unpaired) electrons. The maximum absolute atomic E-state index is 13.6. The smallest absolute Gasteiger partial charge is 0.321 e. The van der Waals surface area contributed by atoms with E-state index in [4.69, 9.17) is 9.30 Å². The third-order valence-corrected chi connectivity index (χ3v) is 5.17. The molecule has 5 heteroatoms. The van der Waals surface area contributed by atoms with Crippen LogP contribution in [0.4, 0.5) is 0 Å². The first-order valence-electron chi connectivity index (χ1n) is 10.2. The van der Waals surface area contributed by atoms with Crippen LogP contribution in [0.2, 0.25) is 0 Å². The molecule has 0 aliphatic carbocycles. The number of carbonyl (C=O) groups is 2. The largest absolute Gasteiger partial charge is 0.462 e. The first kappa shape index (κ1) is 25.7. The predicted octanol–water partition coefficient (Wildman–Crippen LogP) is 6.12. The van der Waals surface area contributed by atoms with Crippen molar-refractivity contribution in [1.29, 1.82) is 0 Å². The van der Waals surface area contributed by atoms with Crippen LogP contribution in [0.1, 0.15) is 79.6 Å². The molecule has 0 fully saturated rings. The minimum absolute atomic E-state index is 0.00851. The zero-order valence-corrected chi connectivity index (χ0v) is 20.3. The van der Waals surface area contributed by atoms with Crippen LogP contribution in [0.15, 0.2) is 42.5 Å². The summed E-state index contributed by atoms with van der Waals surface area (Å²) in [5, 5.41) is 0. The Morgan fingerprint density at radius 2 is 1.50 bits per heavy atom. The Kier molecular flexibility index (Phi) is 9.58. The number of esters is 1. The van der Waals surface area contributed by atoms with Crippen molar-refractivity contribution in [3.63, 3.8) is 0 Å². The van der Waals surface area contributed by atoms with E-state index >= 15 is 0 Å². The molecule has 0 aliphatic heterocycles. The Morgan fingerprint density at radius 1 is 1.00 bits per heavy atom. The first-order valence-corrected chi connectivity index (χ1v) is 10.7. The van der Waals surface area contributed by atoms with Crippen molar-refractivity contribution < 1.29 is 18.9 Å². The van der Waals surface area contributed by atoms with E-state index in [1.807, 2.05) is 58.0 Å². The summed E-state index contributed by atoms with van der Waals surface area (Å²) in [6.07, 6.45) is 0.483. The van der Waals surface area contributed by atoms with Crippen molar-refractivity contribution in [3.05, 3.63) is 70.3 Å². The molecule has 162 valence electrons. The van der Waals surface area contributed by atoms with E-state index in [0.29, 0.717) is 17.5 Å². The molecule has 0 saturated carbocycles. The number of benzene rings is 2. The van der Waals surface area contributed by atoms with Gasteiger partial charge in [0, 0.05) is 5.56 Å². The van der Waals surface area contributed by atoms with Gasteiger partial charge in [-0.3, -0.25) is 9.59 Å². The Bertz CT molecular complexity index is 845. The number of ketones is 1. The highest BCUT2D eigenvalue weighted by molar-refractivity contribution is 7.00. The highest BCUT2D eigenvalue weighted by atomic mass is 31.0. The van der Waals surface area contributed by atoms with Gasteiger partial charge >= 0.3 is 15.1 Å². The Hall–Kier alpha value is -2.32. The average molecular weight is 430 g/mol. The highest BCUT2D eigenvalue weighted by Crippen LogP contribution is 2.31. The van der Waals surface area contributed by atoms with Crippen LogP contribution < -0.4 is 0 Å². The molecular formula is C25H34O4P+. The molecule has 2 rings (SSSR count). The molecule has 0 heterocycles. The minimum atomic E-state index is -0.951. The quantitative estimate of drug-likeness (QED) is 0.240. The zero-order chi connectivity index (χ0) is 23.1. The lowest BCUT2D eigenvalue weighted by Gasteiger charge is -2.24. The Balaban J connectivity index is 0.00000218. The summed E-state index contributed by atoms with van der Waals surface area (Å²) < 4.78 is 13.7. The third kappa shape index (κ3) is 6.34. The minimum Gasteiger partial charge on any atom is -0.462 e. The van der Waals surface area contributed by atoms with Gasteiger partial charge in [-0.15, -0.1) is 0 Å². The van der Waals surface area contributed by atoms with E-state index in [2.05, 4.69) is 32.9 Å². The van der Waals surface area contributed by atoms with Gasteiger partial charge in [-0.25, -0.2) is 0 Å². The lowest BCUT2D eigenvalue weighted by molar-refractivity contribution is -0.148. The van der Waals surface area contributed by atoms with Gasteiger partial charge in [0.2, 0.25) is 0 Å². The van der Waals surface area contributed by atoms with Gasteiger partial charge in [0.25, 0.3) is 0 Å². The topological polar surface area (TPSA) is 60.4 Å². The number of Topliss-reactive ketones (excluding diaryl/α,β-unsaturated/α-hetero) is 1. The fraction of sp³-hybridized carbons (Fsp3) is 0.440. The monoisotopic (exact) mass is 429 g/mol.